The summed E-state index contributed by atoms with van der Waals surface area (Å²) in [6.45, 7) is 3.72. The van der Waals surface area contributed by atoms with Crippen LogP contribution in [0.15, 0.2) is 54.7 Å². The third-order valence-electron chi connectivity index (χ3n) is 6.28. The summed E-state index contributed by atoms with van der Waals surface area (Å²) in [5, 5.41) is 2.90. The molecule has 1 amide bonds. The lowest BCUT2D eigenvalue weighted by Crippen LogP contribution is -2.31. The summed E-state index contributed by atoms with van der Waals surface area (Å²) < 4.78 is 24.8. The zero-order chi connectivity index (χ0) is 21.8. The van der Waals surface area contributed by atoms with Gasteiger partial charge in [-0.3, -0.25) is 4.79 Å². The molecular weight excluding hydrogens is 397 g/mol. The molecule has 0 aliphatic heterocycles. The van der Waals surface area contributed by atoms with Crippen LogP contribution in [0.1, 0.15) is 17.1 Å². The number of anilines is 1. The Hall–Kier alpha value is -3.48. The van der Waals surface area contributed by atoms with E-state index in [9.17, 15) is 9.18 Å². The van der Waals surface area contributed by atoms with Crippen LogP contribution in [0.4, 0.5) is 10.1 Å². The zero-order valence-electron chi connectivity index (χ0n) is 17.4. The first-order valence-corrected chi connectivity index (χ1v) is 10.1. The highest BCUT2D eigenvalue weighted by atomic mass is 19.1. The predicted molar refractivity (Wildman–Crippen MR) is 113 cm³/mol. The summed E-state index contributed by atoms with van der Waals surface area (Å²) >= 11 is 0. The molecule has 3 aromatic rings. The molecule has 0 radical (unpaired) electrons. The van der Waals surface area contributed by atoms with Gasteiger partial charge in [-0.25, -0.2) is 14.4 Å². The second-order valence-electron chi connectivity index (χ2n) is 8.07. The molecule has 6 nitrogen and oxygen atoms in total. The van der Waals surface area contributed by atoms with Gasteiger partial charge in [-0.1, -0.05) is 12.1 Å². The number of carbonyl (C=O) groups is 1. The number of ether oxygens (including phenoxy) is 2. The quantitative estimate of drug-likeness (QED) is 0.658. The van der Waals surface area contributed by atoms with Crippen molar-refractivity contribution >= 4 is 11.6 Å². The van der Waals surface area contributed by atoms with E-state index in [0.29, 0.717) is 17.3 Å². The normalized spacial score (nSPS) is 25.4. The van der Waals surface area contributed by atoms with Crippen LogP contribution in [0.3, 0.4) is 0 Å². The molecule has 5 rings (SSSR count). The van der Waals surface area contributed by atoms with Crippen LogP contribution in [-0.2, 0) is 10.2 Å². The number of amides is 1. The SMILES string of the molecule is COc1cccc([C@]23C(Oc4cnc(C)nc4C)C2[C@H]3C(=O)Nc2ccc(F)cc2)c1. The summed E-state index contributed by atoms with van der Waals surface area (Å²) in [7, 11) is 1.62. The highest BCUT2D eigenvalue weighted by Gasteiger charge is 2.91. The molecule has 1 heterocycles. The molecule has 31 heavy (non-hydrogen) atoms. The number of aryl methyl sites for hydroxylation is 2. The van der Waals surface area contributed by atoms with E-state index in [1.165, 1.54) is 12.1 Å². The fraction of sp³-hybridized carbons (Fsp3) is 0.292. The summed E-state index contributed by atoms with van der Waals surface area (Å²) in [5.74, 6) is 1.41. The van der Waals surface area contributed by atoms with Crippen LogP contribution in [0.5, 0.6) is 11.5 Å². The average molecular weight is 419 g/mol. The maximum absolute atomic E-state index is 13.2. The monoisotopic (exact) mass is 419 g/mol. The summed E-state index contributed by atoms with van der Waals surface area (Å²) in [4.78, 5) is 21.6. The molecule has 2 unspecified atom stereocenters. The molecule has 0 spiro atoms. The van der Waals surface area contributed by atoms with Gasteiger partial charge >= 0.3 is 0 Å². The van der Waals surface area contributed by atoms with Crippen molar-refractivity contribution < 1.29 is 18.7 Å². The van der Waals surface area contributed by atoms with Gasteiger partial charge in [-0.2, -0.15) is 0 Å². The van der Waals surface area contributed by atoms with Gasteiger partial charge in [-0.05, 0) is 55.8 Å². The smallest absolute Gasteiger partial charge is 0.229 e. The molecule has 7 heteroatoms. The molecule has 2 aliphatic rings. The molecule has 2 fully saturated rings. The second kappa shape index (κ2) is 7.04. The van der Waals surface area contributed by atoms with Crippen molar-refractivity contribution in [2.24, 2.45) is 11.8 Å². The van der Waals surface area contributed by atoms with Gasteiger partial charge in [0.15, 0.2) is 5.75 Å². The van der Waals surface area contributed by atoms with Crippen LogP contribution >= 0.6 is 0 Å². The van der Waals surface area contributed by atoms with Crippen molar-refractivity contribution in [3.8, 4) is 11.5 Å². The Balaban J connectivity index is 1.41. The van der Waals surface area contributed by atoms with Crippen molar-refractivity contribution in [3.63, 3.8) is 0 Å². The third kappa shape index (κ3) is 3.12. The standard InChI is InChI=1S/C24H22FN3O3/c1-13-19(12-26-14(2)27-13)31-22-20-21(23(29)28-17-9-7-16(25)8-10-17)24(20,22)15-5-4-6-18(11-15)30-3/h4-12,20-22H,1-3H3,(H,28,29)/t20?,21-,22?,24-/m0/s1. The zero-order valence-corrected chi connectivity index (χ0v) is 17.4. The van der Waals surface area contributed by atoms with Crippen LogP contribution in [0.2, 0.25) is 0 Å². The largest absolute Gasteiger partial charge is 0.497 e. The lowest BCUT2D eigenvalue weighted by molar-refractivity contribution is -0.119. The number of hydrogen-bond donors (Lipinski definition) is 1. The number of nitrogens with zero attached hydrogens (tertiary/aromatic N) is 2. The van der Waals surface area contributed by atoms with E-state index < -0.39 is 5.41 Å². The second-order valence-corrected chi connectivity index (χ2v) is 8.07. The average Bonchev–Trinajstić information content (AvgIpc) is 3.63. The Morgan fingerprint density at radius 3 is 2.65 bits per heavy atom. The number of rotatable bonds is 6. The maximum Gasteiger partial charge on any atom is 0.229 e. The molecule has 0 bridgehead atoms. The lowest BCUT2D eigenvalue weighted by atomic mass is 9.94. The Labute approximate surface area is 179 Å². The van der Waals surface area contributed by atoms with E-state index in [1.54, 1.807) is 25.4 Å². The van der Waals surface area contributed by atoms with Crippen molar-refractivity contribution in [2.75, 3.05) is 12.4 Å². The maximum atomic E-state index is 13.2. The van der Waals surface area contributed by atoms with E-state index >= 15 is 0 Å². The minimum Gasteiger partial charge on any atom is -0.497 e. The highest BCUT2D eigenvalue weighted by molar-refractivity contribution is 5.99. The lowest BCUT2D eigenvalue weighted by Gasteiger charge is -2.21. The number of hydrogen-bond acceptors (Lipinski definition) is 5. The Morgan fingerprint density at radius 1 is 1.16 bits per heavy atom. The van der Waals surface area contributed by atoms with Crippen LogP contribution < -0.4 is 14.8 Å². The highest BCUT2D eigenvalue weighted by Crippen LogP contribution is 2.80. The number of carbonyl (C=O) groups excluding carboxylic acids is 1. The number of halogens is 1. The van der Waals surface area contributed by atoms with Gasteiger partial charge in [0, 0.05) is 11.6 Å². The number of aromatic nitrogens is 2. The molecule has 1 N–H and O–H groups in total. The first-order chi connectivity index (χ1) is 14.9. The third-order valence-corrected chi connectivity index (χ3v) is 6.28. The van der Waals surface area contributed by atoms with Crippen LogP contribution in [-0.4, -0.2) is 29.1 Å². The molecular formula is C24H22FN3O3. The Bertz CT molecular complexity index is 1170. The number of nitrogens with one attached hydrogen (secondary N) is 1. The number of benzene rings is 2. The van der Waals surface area contributed by atoms with E-state index in [0.717, 1.165) is 17.0 Å². The van der Waals surface area contributed by atoms with Crippen molar-refractivity contribution in [2.45, 2.75) is 25.4 Å². The summed E-state index contributed by atoms with van der Waals surface area (Å²) in [6, 6.07) is 13.5. The minimum atomic E-state index is -0.421. The first kappa shape index (κ1) is 19.5. The Kier molecular flexibility index (Phi) is 4.43. The first-order valence-electron chi connectivity index (χ1n) is 10.1. The van der Waals surface area contributed by atoms with Crippen molar-refractivity contribution in [3.05, 3.63) is 77.6 Å². The summed E-state index contributed by atoms with van der Waals surface area (Å²) in [6.07, 6.45) is 1.54. The van der Waals surface area contributed by atoms with Gasteiger partial charge in [0.05, 0.1) is 30.3 Å². The number of fused-ring (bicyclic) bond motifs is 1. The van der Waals surface area contributed by atoms with Crippen molar-refractivity contribution in [1.82, 2.24) is 9.97 Å². The molecule has 4 atom stereocenters. The van der Waals surface area contributed by atoms with Gasteiger partial charge in [0.25, 0.3) is 0 Å². The van der Waals surface area contributed by atoms with Crippen LogP contribution in [0.25, 0.3) is 0 Å². The van der Waals surface area contributed by atoms with Gasteiger partial charge in [-0.15, -0.1) is 0 Å². The minimum absolute atomic E-state index is 0.0424. The molecule has 2 aliphatic carbocycles. The Morgan fingerprint density at radius 2 is 1.94 bits per heavy atom. The van der Waals surface area contributed by atoms with E-state index in [2.05, 4.69) is 15.3 Å². The molecule has 2 saturated carbocycles. The summed E-state index contributed by atoms with van der Waals surface area (Å²) in [5.41, 5.74) is 1.92. The molecule has 1 aromatic heterocycles. The molecule has 158 valence electrons. The fourth-order valence-electron chi connectivity index (χ4n) is 4.63. The van der Waals surface area contributed by atoms with E-state index in [-0.39, 0.29) is 29.7 Å². The van der Waals surface area contributed by atoms with Crippen molar-refractivity contribution in [1.29, 1.82) is 0 Å². The van der Waals surface area contributed by atoms with Gasteiger partial charge in [0.2, 0.25) is 5.91 Å². The molecule has 2 aromatic carbocycles. The fourth-order valence-corrected chi connectivity index (χ4v) is 4.63. The molecule has 0 saturated heterocycles. The topological polar surface area (TPSA) is 73.3 Å². The van der Waals surface area contributed by atoms with Gasteiger partial charge in [0.1, 0.15) is 23.5 Å². The van der Waals surface area contributed by atoms with E-state index in [4.69, 9.17) is 9.47 Å². The number of methoxy groups -OCH3 is 1. The van der Waals surface area contributed by atoms with E-state index in [1.807, 2.05) is 38.1 Å². The van der Waals surface area contributed by atoms with Gasteiger partial charge < -0.3 is 14.8 Å². The van der Waals surface area contributed by atoms with Crippen LogP contribution in [0, 0.1) is 31.5 Å². The predicted octanol–water partition coefficient (Wildman–Crippen LogP) is 3.82.